The molecule has 110 valence electrons. The van der Waals surface area contributed by atoms with Crippen LogP contribution in [-0.2, 0) is 0 Å². The minimum absolute atomic E-state index is 0.0622. The fourth-order valence-corrected chi connectivity index (χ4v) is 2.09. The number of nitrogens with one attached hydrogen (secondary N) is 1. The smallest absolute Gasteiger partial charge is 0.269 e. The van der Waals surface area contributed by atoms with Crippen LogP contribution < -0.4 is 10.2 Å². The molecule has 0 aliphatic heterocycles. The first kappa shape index (κ1) is 14.8. The van der Waals surface area contributed by atoms with Gasteiger partial charge in [0.1, 0.15) is 0 Å². The molecule has 21 heavy (non-hydrogen) atoms. The van der Waals surface area contributed by atoms with Gasteiger partial charge >= 0.3 is 0 Å². The zero-order valence-electron chi connectivity index (χ0n) is 12.3. The number of anilines is 2. The predicted molar refractivity (Wildman–Crippen MR) is 83.7 cm³/mol. The summed E-state index contributed by atoms with van der Waals surface area (Å²) in [7, 11) is 3.84. The summed E-state index contributed by atoms with van der Waals surface area (Å²) in [5, 5.41) is 14.2. The highest BCUT2D eigenvalue weighted by molar-refractivity contribution is 5.65. The van der Waals surface area contributed by atoms with Crippen molar-refractivity contribution in [3.05, 3.63) is 58.3 Å². The van der Waals surface area contributed by atoms with E-state index >= 15 is 0 Å². The van der Waals surface area contributed by atoms with E-state index in [0.717, 1.165) is 17.1 Å². The Hall–Kier alpha value is -2.63. The first-order valence-corrected chi connectivity index (χ1v) is 6.62. The molecule has 6 heteroatoms. The van der Waals surface area contributed by atoms with Gasteiger partial charge in [-0.25, -0.2) is 4.98 Å². The molecule has 1 atom stereocenters. The third-order valence-corrected chi connectivity index (χ3v) is 3.16. The van der Waals surface area contributed by atoms with Crippen molar-refractivity contribution in [3.8, 4) is 0 Å². The van der Waals surface area contributed by atoms with Gasteiger partial charge in [0, 0.05) is 38.5 Å². The topological polar surface area (TPSA) is 71.3 Å². The van der Waals surface area contributed by atoms with Gasteiger partial charge in [-0.3, -0.25) is 10.1 Å². The second-order valence-corrected chi connectivity index (χ2v) is 4.99. The SMILES string of the molecule is CC(Nc1cccnc1N(C)C)c1cccc([N+](=O)[O-])c1. The normalized spacial score (nSPS) is 11.8. The van der Waals surface area contributed by atoms with Gasteiger partial charge in [-0.2, -0.15) is 0 Å². The molecule has 0 bridgehead atoms. The molecule has 0 radical (unpaired) electrons. The Kier molecular flexibility index (Phi) is 4.37. The zero-order valence-corrected chi connectivity index (χ0v) is 12.3. The molecule has 0 saturated carbocycles. The second kappa shape index (κ2) is 6.21. The van der Waals surface area contributed by atoms with Gasteiger partial charge in [-0.15, -0.1) is 0 Å². The lowest BCUT2D eigenvalue weighted by Crippen LogP contribution is -2.15. The number of non-ortho nitro benzene ring substituents is 1. The van der Waals surface area contributed by atoms with Crippen LogP contribution in [0.4, 0.5) is 17.2 Å². The minimum Gasteiger partial charge on any atom is -0.376 e. The Morgan fingerprint density at radius 3 is 2.71 bits per heavy atom. The standard InChI is InChI=1S/C15H18N4O2/c1-11(12-6-4-7-13(10-12)19(20)21)17-14-8-5-9-16-15(14)18(2)3/h4-11,17H,1-3H3. The van der Waals surface area contributed by atoms with E-state index in [9.17, 15) is 10.1 Å². The van der Waals surface area contributed by atoms with Crippen molar-refractivity contribution in [2.45, 2.75) is 13.0 Å². The van der Waals surface area contributed by atoms with Crippen LogP contribution in [0.5, 0.6) is 0 Å². The van der Waals surface area contributed by atoms with Crippen LogP contribution in [0.3, 0.4) is 0 Å². The Balaban J connectivity index is 2.24. The molecular weight excluding hydrogens is 268 g/mol. The van der Waals surface area contributed by atoms with E-state index in [4.69, 9.17) is 0 Å². The van der Waals surface area contributed by atoms with E-state index < -0.39 is 0 Å². The van der Waals surface area contributed by atoms with Gasteiger partial charge in [0.25, 0.3) is 5.69 Å². The highest BCUT2D eigenvalue weighted by atomic mass is 16.6. The maximum Gasteiger partial charge on any atom is 0.269 e. The van der Waals surface area contributed by atoms with Crippen LogP contribution in [0.15, 0.2) is 42.6 Å². The molecule has 1 aromatic heterocycles. The van der Waals surface area contributed by atoms with Crippen LogP contribution in [0.25, 0.3) is 0 Å². The van der Waals surface area contributed by atoms with Crippen molar-refractivity contribution in [1.29, 1.82) is 0 Å². The van der Waals surface area contributed by atoms with Crippen LogP contribution in [0, 0.1) is 10.1 Å². The number of rotatable bonds is 5. The lowest BCUT2D eigenvalue weighted by Gasteiger charge is -2.21. The molecule has 2 rings (SSSR count). The number of hydrogen-bond donors (Lipinski definition) is 1. The molecule has 1 N–H and O–H groups in total. The summed E-state index contributed by atoms with van der Waals surface area (Å²) in [4.78, 5) is 16.7. The molecule has 0 aliphatic rings. The molecule has 1 unspecified atom stereocenters. The first-order valence-electron chi connectivity index (χ1n) is 6.62. The fourth-order valence-electron chi connectivity index (χ4n) is 2.09. The maximum atomic E-state index is 10.8. The third-order valence-electron chi connectivity index (χ3n) is 3.16. The minimum atomic E-state index is -0.383. The number of benzene rings is 1. The van der Waals surface area contributed by atoms with Crippen molar-refractivity contribution >= 4 is 17.2 Å². The third kappa shape index (κ3) is 3.47. The van der Waals surface area contributed by atoms with Gasteiger partial charge in [-0.05, 0) is 24.6 Å². The molecular formula is C15H18N4O2. The van der Waals surface area contributed by atoms with E-state index in [0.29, 0.717) is 0 Å². The highest BCUT2D eigenvalue weighted by Gasteiger charge is 2.13. The van der Waals surface area contributed by atoms with E-state index in [2.05, 4.69) is 10.3 Å². The average Bonchev–Trinajstić information content (AvgIpc) is 2.47. The zero-order chi connectivity index (χ0) is 15.4. The van der Waals surface area contributed by atoms with E-state index in [1.54, 1.807) is 18.3 Å². The lowest BCUT2D eigenvalue weighted by molar-refractivity contribution is -0.384. The van der Waals surface area contributed by atoms with Crippen molar-refractivity contribution in [3.63, 3.8) is 0 Å². The molecule has 0 amide bonds. The molecule has 0 aliphatic carbocycles. The summed E-state index contributed by atoms with van der Waals surface area (Å²) in [6, 6.07) is 10.4. The number of pyridine rings is 1. The fraction of sp³-hybridized carbons (Fsp3) is 0.267. The van der Waals surface area contributed by atoms with Crippen LogP contribution in [-0.4, -0.2) is 24.0 Å². The summed E-state index contributed by atoms with van der Waals surface area (Å²) >= 11 is 0. The van der Waals surface area contributed by atoms with E-state index in [-0.39, 0.29) is 16.7 Å². The molecule has 0 saturated heterocycles. The lowest BCUT2D eigenvalue weighted by atomic mass is 10.1. The Bertz CT molecular complexity index is 643. The van der Waals surface area contributed by atoms with E-state index in [1.165, 1.54) is 6.07 Å². The second-order valence-electron chi connectivity index (χ2n) is 4.99. The highest BCUT2D eigenvalue weighted by Crippen LogP contribution is 2.27. The van der Waals surface area contributed by atoms with Crippen molar-refractivity contribution in [1.82, 2.24) is 4.98 Å². The Morgan fingerprint density at radius 2 is 2.05 bits per heavy atom. The van der Waals surface area contributed by atoms with Gasteiger partial charge in [-0.1, -0.05) is 12.1 Å². The van der Waals surface area contributed by atoms with Crippen molar-refractivity contribution in [2.75, 3.05) is 24.3 Å². The number of nitro benzene ring substituents is 1. The first-order chi connectivity index (χ1) is 9.99. The van der Waals surface area contributed by atoms with Gasteiger partial charge in [0.2, 0.25) is 0 Å². The summed E-state index contributed by atoms with van der Waals surface area (Å²) < 4.78 is 0. The molecule has 2 aromatic rings. The number of nitrogens with zero attached hydrogens (tertiary/aromatic N) is 3. The summed E-state index contributed by atoms with van der Waals surface area (Å²) in [6.45, 7) is 1.96. The maximum absolute atomic E-state index is 10.8. The monoisotopic (exact) mass is 286 g/mol. The molecule has 1 aromatic carbocycles. The van der Waals surface area contributed by atoms with Crippen LogP contribution in [0.2, 0.25) is 0 Å². The Morgan fingerprint density at radius 1 is 1.29 bits per heavy atom. The summed E-state index contributed by atoms with van der Waals surface area (Å²) in [6.07, 6.45) is 1.73. The summed E-state index contributed by atoms with van der Waals surface area (Å²) in [5.41, 5.74) is 1.85. The van der Waals surface area contributed by atoms with Crippen LogP contribution >= 0.6 is 0 Å². The quantitative estimate of drug-likeness (QED) is 0.675. The molecule has 0 spiro atoms. The van der Waals surface area contributed by atoms with Gasteiger partial charge in [0.05, 0.1) is 10.6 Å². The van der Waals surface area contributed by atoms with E-state index in [1.807, 2.05) is 44.1 Å². The van der Waals surface area contributed by atoms with Crippen molar-refractivity contribution in [2.24, 2.45) is 0 Å². The Labute approximate surface area is 123 Å². The average molecular weight is 286 g/mol. The van der Waals surface area contributed by atoms with Crippen molar-refractivity contribution < 1.29 is 4.92 Å². The number of nitro groups is 1. The largest absolute Gasteiger partial charge is 0.376 e. The number of hydrogen-bond acceptors (Lipinski definition) is 5. The number of aromatic nitrogens is 1. The molecule has 1 heterocycles. The van der Waals surface area contributed by atoms with Gasteiger partial charge in [0.15, 0.2) is 5.82 Å². The predicted octanol–water partition coefficient (Wildman–Crippen LogP) is 3.23. The molecule has 0 fully saturated rings. The van der Waals surface area contributed by atoms with Crippen LogP contribution in [0.1, 0.15) is 18.5 Å². The summed E-state index contributed by atoms with van der Waals surface area (Å²) in [5.74, 6) is 0.829. The van der Waals surface area contributed by atoms with Gasteiger partial charge < -0.3 is 10.2 Å². The molecule has 6 nitrogen and oxygen atoms in total.